The van der Waals surface area contributed by atoms with E-state index in [1.807, 2.05) is 0 Å². The topological polar surface area (TPSA) is 62.1 Å². The molecule has 2 aliphatic heterocycles. The van der Waals surface area contributed by atoms with Gasteiger partial charge in [0, 0.05) is 23.6 Å². The number of fused-ring (bicyclic) bond motifs is 2. The number of hydrogen-bond donors (Lipinski definition) is 1. The van der Waals surface area contributed by atoms with Crippen molar-refractivity contribution in [1.29, 1.82) is 5.26 Å². The van der Waals surface area contributed by atoms with E-state index in [9.17, 15) is 9.18 Å². The molecule has 2 saturated heterocycles. The molecule has 2 fully saturated rings. The van der Waals surface area contributed by atoms with E-state index in [4.69, 9.17) is 10.00 Å². The van der Waals surface area contributed by atoms with E-state index in [0.29, 0.717) is 26.1 Å². The van der Waals surface area contributed by atoms with Gasteiger partial charge in [-0.15, -0.1) is 0 Å². The van der Waals surface area contributed by atoms with Crippen molar-refractivity contribution in [3.8, 4) is 6.07 Å². The number of Topliss-reactive ketones (excluding diaryl/α,β-unsaturated/α-hetero) is 1. The molecule has 2 heterocycles. The zero-order valence-corrected chi connectivity index (χ0v) is 10.9. The fourth-order valence-electron chi connectivity index (χ4n) is 3.11. The van der Waals surface area contributed by atoms with E-state index < -0.39 is 5.82 Å². The summed E-state index contributed by atoms with van der Waals surface area (Å²) in [6, 6.07) is 6.38. The van der Waals surface area contributed by atoms with Crippen LogP contribution in [0.4, 0.5) is 4.39 Å². The van der Waals surface area contributed by atoms with Crippen molar-refractivity contribution < 1.29 is 13.9 Å². The predicted octanol–water partition coefficient (Wildman–Crippen LogP) is 1.65. The second-order valence-corrected chi connectivity index (χ2v) is 5.40. The van der Waals surface area contributed by atoms with Gasteiger partial charge >= 0.3 is 0 Å². The van der Waals surface area contributed by atoms with E-state index >= 15 is 0 Å². The molecule has 2 aliphatic rings. The van der Waals surface area contributed by atoms with Crippen LogP contribution in [0.5, 0.6) is 0 Å². The molecular formula is C15H15FN2O2. The van der Waals surface area contributed by atoms with Crippen LogP contribution in [-0.2, 0) is 4.74 Å². The first-order valence-electron chi connectivity index (χ1n) is 6.75. The lowest BCUT2D eigenvalue weighted by atomic mass is 9.81. The minimum atomic E-state index is -0.629. The van der Waals surface area contributed by atoms with Gasteiger partial charge in [-0.2, -0.15) is 5.26 Å². The average molecular weight is 274 g/mol. The highest BCUT2D eigenvalue weighted by Gasteiger charge is 2.36. The van der Waals surface area contributed by atoms with Gasteiger partial charge in [0.2, 0.25) is 0 Å². The Hall–Kier alpha value is -1.77. The third-order valence-electron chi connectivity index (χ3n) is 4.01. The van der Waals surface area contributed by atoms with Gasteiger partial charge in [0.25, 0.3) is 0 Å². The highest BCUT2D eigenvalue weighted by Crippen LogP contribution is 2.28. The molecule has 0 amide bonds. The van der Waals surface area contributed by atoms with Crippen molar-refractivity contribution in [2.45, 2.75) is 24.9 Å². The van der Waals surface area contributed by atoms with Crippen LogP contribution in [0.1, 0.15) is 28.8 Å². The summed E-state index contributed by atoms with van der Waals surface area (Å²) >= 11 is 0. The molecule has 3 rings (SSSR count). The normalized spacial score (nSPS) is 28.7. The number of carbonyl (C=O) groups is 1. The third-order valence-corrected chi connectivity index (χ3v) is 4.01. The zero-order valence-electron chi connectivity index (χ0n) is 10.9. The molecule has 0 aromatic heterocycles. The first kappa shape index (κ1) is 13.2. The summed E-state index contributed by atoms with van der Waals surface area (Å²) in [5.41, 5.74) is 0.0656. The number of benzene rings is 1. The summed E-state index contributed by atoms with van der Waals surface area (Å²) in [5.74, 6) is -0.917. The minimum Gasteiger partial charge on any atom is -0.378 e. The fourth-order valence-corrected chi connectivity index (χ4v) is 3.11. The van der Waals surface area contributed by atoms with Crippen LogP contribution < -0.4 is 5.32 Å². The summed E-state index contributed by atoms with van der Waals surface area (Å²) in [4.78, 5) is 12.6. The molecule has 2 atom stereocenters. The Bertz CT molecular complexity index is 570. The second kappa shape index (κ2) is 5.31. The molecule has 4 nitrogen and oxygen atoms in total. The van der Waals surface area contributed by atoms with Crippen molar-refractivity contribution in [2.75, 3.05) is 13.2 Å². The molecule has 20 heavy (non-hydrogen) atoms. The van der Waals surface area contributed by atoms with Gasteiger partial charge in [0.05, 0.1) is 18.8 Å². The lowest BCUT2D eigenvalue weighted by Gasteiger charge is -2.39. The molecule has 0 spiro atoms. The van der Waals surface area contributed by atoms with Crippen LogP contribution in [0.25, 0.3) is 0 Å². The lowest BCUT2D eigenvalue weighted by molar-refractivity contribution is 0.00951. The number of ether oxygens (including phenoxy) is 1. The molecule has 1 N–H and O–H groups in total. The van der Waals surface area contributed by atoms with E-state index in [-0.39, 0.29) is 34.9 Å². The number of rotatable bonds is 2. The summed E-state index contributed by atoms with van der Waals surface area (Å²) in [7, 11) is 0. The number of carbonyl (C=O) groups excluding carboxylic acids is 1. The Morgan fingerprint density at radius 2 is 2.05 bits per heavy atom. The quantitative estimate of drug-likeness (QED) is 0.833. The van der Waals surface area contributed by atoms with Gasteiger partial charge in [-0.25, -0.2) is 4.39 Å². The second-order valence-electron chi connectivity index (χ2n) is 5.40. The Labute approximate surface area is 116 Å². The van der Waals surface area contributed by atoms with E-state index in [2.05, 4.69) is 5.32 Å². The van der Waals surface area contributed by atoms with Crippen LogP contribution in [0.3, 0.4) is 0 Å². The zero-order chi connectivity index (χ0) is 14.1. The summed E-state index contributed by atoms with van der Waals surface area (Å²) < 4.78 is 19.0. The third kappa shape index (κ3) is 2.33. The smallest absolute Gasteiger partial charge is 0.167 e. The maximum absolute atomic E-state index is 13.6. The molecule has 1 aromatic carbocycles. The average Bonchev–Trinajstić information content (AvgIpc) is 2.45. The van der Waals surface area contributed by atoms with E-state index in [0.717, 1.165) is 0 Å². The Balaban J connectivity index is 1.86. The number of ketones is 1. The molecule has 0 radical (unpaired) electrons. The highest BCUT2D eigenvalue weighted by atomic mass is 19.1. The van der Waals surface area contributed by atoms with Gasteiger partial charge in [-0.1, -0.05) is 6.07 Å². The number of nitrogens with zero attached hydrogens (tertiary/aromatic N) is 1. The molecule has 104 valence electrons. The molecule has 1 aromatic rings. The monoisotopic (exact) mass is 274 g/mol. The van der Waals surface area contributed by atoms with Crippen molar-refractivity contribution in [3.05, 3.63) is 35.1 Å². The molecule has 5 heteroatoms. The van der Waals surface area contributed by atoms with Crippen LogP contribution in [0.15, 0.2) is 18.2 Å². The summed E-state index contributed by atoms with van der Waals surface area (Å²) in [6.07, 6.45) is 1.35. The lowest BCUT2D eigenvalue weighted by Crippen LogP contribution is -2.55. The first-order valence-corrected chi connectivity index (χ1v) is 6.75. The number of piperidine rings is 1. The van der Waals surface area contributed by atoms with Crippen molar-refractivity contribution in [3.63, 3.8) is 0 Å². The van der Waals surface area contributed by atoms with Crippen LogP contribution >= 0.6 is 0 Å². The van der Waals surface area contributed by atoms with Crippen LogP contribution in [-0.4, -0.2) is 31.1 Å². The summed E-state index contributed by atoms with van der Waals surface area (Å²) in [5, 5.41) is 12.4. The SMILES string of the molecule is N#Cc1c(F)cccc1C(=O)C1CC2COCC(C1)N2. The number of hydrogen-bond acceptors (Lipinski definition) is 4. The Kier molecular flexibility index (Phi) is 3.51. The highest BCUT2D eigenvalue weighted by molar-refractivity contribution is 6.00. The van der Waals surface area contributed by atoms with Gasteiger partial charge in [-0.05, 0) is 25.0 Å². The largest absolute Gasteiger partial charge is 0.378 e. The fraction of sp³-hybridized carbons (Fsp3) is 0.467. The summed E-state index contributed by atoms with van der Waals surface area (Å²) in [6.45, 7) is 1.21. The molecular weight excluding hydrogens is 259 g/mol. The molecule has 0 aliphatic carbocycles. The van der Waals surface area contributed by atoms with Gasteiger partial charge < -0.3 is 10.1 Å². The van der Waals surface area contributed by atoms with E-state index in [1.165, 1.54) is 18.2 Å². The van der Waals surface area contributed by atoms with Crippen molar-refractivity contribution in [2.24, 2.45) is 5.92 Å². The van der Waals surface area contributed by atoms with Gasteiger partial charge in [-0.3, -0.25) is 4.79 Å². The number of halogens is 1. The maximum atomic E-state index is 13.6. The van der Waals surface area contributed by atoms with Crippen molar-refractivity contribution >= 4 is 5.78 Å². The molecule has 0 saturated carbocycles. The van der Waals surface area contributed by atoms with Crippen molar-refractivity contribution in [1.82, 2.24) is 5.32 Å². The van der Waals surface area contributed by atoms with Crippen LogP contribution in [0.2, 0.25) is 0 Å². The standard InChI is InChI=1S/C15H15FN2O2/c16-14-3-1-2-12(13(14)6-17)15(19)9-4-10-7-20-8-11(5-9)18-10/h1-3,9-11,18H,4-5,7-8H2. The minimum absolute atomic E-state index is 0.126. The van der Waals surface area contributed by atoms with Crippen LogP contribution in [0, 0.1) is 23.1 Å². The Morgan fingerprint density at radius 1 is 1.35 bits per heavy atom. The molecule has 2 bridgehead atoms. The number of nitriles is 1. The van der Waals surface area contributed by atoms with Gasteiger partial charge in [0.1, 0.15) is 11.9 Å². The maximum Gasteiger partial charge on any atom is 0.167 e. The first-order chi connectivity index (χ1) is 9.69. The number of morpholine rings is 1. The number of nitrogens with one attached hydrogen (secondary N) is 1. The van der Waals surface area contributed by atoms with E-state index in [1.54, 1.807) is 6.07 Å². The Morgan fingerprint density at radius 3 is 2.70 bits per heavy atom. The molecule has 2 unspecified atom stereocenters. The predicted molar refractivity (Wildman–Crippen MR) is 69.7 cm³/mol. The van der Waals surface area contributed by atoms with Gasteiger partial charge in [0.15, 0.2) is 5.78 Å².